The molecule has 0 aromatic heterocycles. The summed E-state index contributed by atoms with van der Waals surface area (Å²) in [5, 5.41) is 2.89. The van der Waals surface area contributed by atoms with E-state index in [9.17, 15) is 9.18 Å². The van der Waals surface area contributed by atoms with Crippen molar-refractivity contribution in [1.82, 2.24) is 5.32 Å². The highest BCUT2D eigenvalue weighted by molar-refractivity contribution is 5.85. The van der Waals surface area contributed by atoms with Crippen LogP contribution in [0.1, 0.15) is 26.2 Å². The number of ether oxygens (including phenoxy) is 1. The van der Waals surface area contributed by atoms with Crippen LogP contribution < -0.4 is 15.8 Å². The van der Waals surface area contributed by atoms with E-state index in [2.05, 4.69) is 5.32 Å². The third kappa shape index (κ3) is 4.85. The standard InChI is InChI=1S/C16H23FN2O2.ClH/c1-11(21-15-8-3-2-7-14(15)17)10-19-16(20)13-6-4-5-12(13)9-18;/h2-3,7-8,11-13H,4-6,9-10,18H2,1H3,(H,19,20);1H/t11?,12-,13-;/m1./s1. The fourth-order valence-corrected chi connectivity index (χ4v) is 2.84. The van der Waals surface area contributed by atoms with Crippen molar-refractivity contribution >= 4 is 18.3 Å². The number of nitrogens with one attached hydrogen (secondary N) is 1. The molecule has 3 N–H and O–H groups in total. The van der Waals surface area contributed by atoms with Crippen LogP contribution in [0.25, 0.3) is 0 Å². The predicted molar refractivity (Wildman–Crippen MR) is 86.6 cm³/mol. The zero-order chi connectivity index (χ0) is 15.2. The average Bonchev–Trinajstić information content (AvgIpc) is 2.96. The molecule has 4 nitrogen and oxygen atoms in total. The van der Waals surface area contributed by atoms with Crippen molar-refractivity contribution in [3.8, 4) is 5.75 Å². The van der Waals surface area contributed by atoms with Gasteiger partial charge in [0.15, 0.2) is 11.6 Å². The van der Waals surface area contributed by atoms with Crippen LogP contribution in [-0.2, 0) is 4.79 Å². The van der Waals surface area contributed by atoms with Gasteiger partial charge in [-0.2, -0.15) is 0 Å². The maximum atomic E-state index is 13.5. The first kappa shape index (κ1) is 18.7. The number of halogens is 2. The summed E-state index contributed by atoms with van der Waals surface area (Å²) in [5.41, 5.74) is 5.69. The van der Waals surface area contributed by atoms with E-state index in [1.165, 1.54) is 6.07 Å². The molecule has 0 radical (unpaired) electrons. The normalized spacial score (nSPS) is 21.8. The van der Waals surface area contributed by atoms with Gasteiger partial charge >= 0.3 is 0 Å². The van der Waals surface area contributed by atoms with Gasteiger partial charge in [-0.25, -0.2) is 4.39 Å². The van der Waals surface area contributed by atoms with Gasteiger partial charge in [-0.15, -0.1) is 12.4 Å². The lowest BCUT2D eigenvalue weighted by Crippen LogP contribution is -2.39. The largest absolute Gasteiger partial charge is 0.486 e. The minimum atomic E-state index is -0.394. The first-order valence-electron chi connectivity index (χ1n) is 7.50. The number of carbonyl (C=O) groups excluding carboxylic acids is 1. The Hall–Kier alpha value is -1.33. The molecule has 0 bridgehead atoms. The average molecular weight is 331 g/mol. The minimum absolute atomic E-state index is 0. The van der Waals surface area contributed by atoms with Crippen LogP contribution >= 0.6 is 12.4 Å². The van der Waals surface area contributed by atoms with Gasteiger partial charge in [0.1, 0.15) is 6.10 Å². The molecule has 1 aromatic carbocycles. The van der Waals surface area contributed by atoms with Crippen LogP contribution in [0.5, 0.6) is 5.75 Å². The highest BCUT2D eigenvalue weighted by Crippen LogP contribution is 2.30. The fraction of sp³-hybridized carbons (Fsp3) is 0.562. The van der Waals surface area contributed by atoms with Crippen LogP contribution in [0, 0.1) is 17.7 Å². The second-order valence-electron chi connectivity index (χ2n) is 5.64. The highest BCUT2D eigenvalue weighted by atomic mass is 35.5. The summed E-state index contributed by atoms with van der Waals surface area (Å²) < 4.78 is 19.0. The smallest absolute Gasteiger partial charge is 0.223 e. The molecule has 3 atom stereocenters. The maximum Gasteiger partial charge on any atom is 0.223 e. The molecule has 6 heteroatoms. The summed E-state index contributed by atoms with van der Waals surface area (Å²) >= 11 is 0. The van der Waals surface area contributed by atoms with Crippen LogP contribution in [0.3, 0.4) is 0 Å². The zero-order valence-corrected chi connectivity index (χ0v) is 13.6. The summed E-state index contributed by atoms with van der Waals surface area (Å²) in [6.07, 6.45) is 2.69. The van der Waals surface area contributed by atoms with Gasteiger partial charge in [-0.3, -0.25) is 4.79 Å². The topological polar surface area (TPSA) is 64.4 Å². The number of rotatable bonds is 6. The summed E-state index contributed by atoms with van der Waals surface area (Å²) in [5.74, 6) is 0.144. The lowest BCUT2D eigenvalue weighted by molar-refractivity contribution is -0.126. The molecule has 0 saturated heterocycles. The van der Waals surface area contributed by atoms with E-state index in [0.717, 1.165) is 19.3 Å². The maximum absolute atomic E-state index is 13.5. The van der Waals surface area contributed by atoms with E-state index < -0.39 is 5.82 Å². The molecular formula is C16H24ClFN2O2. The molecule has 124 valence electrons. The van der Waals surface area contributed by atoms with Gasteiger partial charge in [0.05, 0.1) is 6.54 Å². The Balaban J connectivity index is 0.00000242. The molecule has 0 aliphatic heterocycles. The minimum Gasteiger partial charge on any atom is -0.486 e. The molecule has 1 fully saturated rings. The fourth-order valence-electron chi connectivity index (χ4n) is 2.84. The zero-order valence-electron chi connectivity index (χ0n) is 12.8. The molecular weight excluding hydrogens is 307 g/mol. The van der Waals surface area contributed by atoms with Crippen molar-refractivity contribution < 1.29 is 13.9 Å². The van der Waals surface area contributed by atoms with Crippen LogP contribution in [0.15, 0.2) is 24.3 Å². The lowest BCUT2D eigenvalue weighted by Gasteiger charge is -2.20. The number of carbonyl (C=O) groups is 1. The van der Waals surface area contributed by atoms with E-state index in [4.69, 9.17) is 10.5 Å². The third-order valence-corrected chi connectivity index (χ3v) is 4.03. The van der Waals surface area contributed by atoms with Gasteiger partial charge in [0.25, 0.3) is 0 Å². The van der Waals surface area contributed by atoms with Gasteiger partial charge in [0.2, 0.25) is 5.91 Å². The van der Waals surface area contributed by atoms with E-state index in [1.54, 1.807) is 18.2 Å². The molecule has 1 aliphatic rings. The molecule has 2 rings (SSSR count). The Morgan fingerprint density at radius 2 is 2.18 bits per heavy atom. The molecule has 22 heavy (non-hydrogen) atoms. The van der Waals surface area contributed by atoms with E-state index in [0.29, 0.717) is 13.1 Å². The second-order valence-corrected chi connectivity index (χ2v) is 5.64. The van der Waals surface area contributed by atoms with Crippen LogP contribution in [-0.4, -0.2) is 25.1 Å². The molecule has 1 saturated carbocycles. The quantitative estimate of drug-likeness (QED) is 0.842. The van der Waals surface area contributed by atoms with Gasteiger partial charge in [0, 0.05) is 5.92 Å². The van der Waals surface area contributed by atoms with Crippen molar-refractivity contribution in [3.63, 3.8) is 0 Å². The number of hydrogen-bond donors (Lipinski definition) is 2. The summed E-state index contributed by atoms with van der Waals surface area (Å²) in [4.78, 5) is 12.1. The first-order valence-corrected chi connectivity index (χ1v) is 7.50. The monoisotopic (exact) mass is 330 g/mol. The predicted octanol–water partition coefficient (Wildman–Crippen LogP) is 2.51. The van der Waals surface area contributed by atoms with Crippen molar-refractivity contribution in [2.75, 3.05) is 13.1 Å². The number of amides is 1. The molecule has 1 unspecified atom stereocenters. The van der Waals surface area contributed by atoms with Crippen LogP contribution in [0.4, 0.5) is 4.39 Å². The SMILES string of the molecule is CC(CNC(=O)[C@@H]1CCC[C@@H]1CN)Oc1ccccc1F.Cl. The number of nitrogens with two attached hydrogens (primary N) is 1. The first-order chi connectivity index (χ1) is 10.1. The molecule has 1 aromatic rings. The molecule has 0 heterocycles. The van der Waals surface area contributed by atoms with Gasteiger partial charge in [-0.05, 0) is 44.4 Å². The Labute approximate surface area is 137 Å². The van der Waals surface area contributed by atoms with Crippen molar-refractivity contribution in [2.24, 2.45) is 17.6 Å². The van der Waals surface area contributed by atoms with Crippen molar-refractivity contribution in [1.29, 1.82) is 0 Å². The van der Waals surface area contributed by atoms with E-state index in [-0.39, 0.29) is 42.0 Å². The van der Waals surface area contributed by atoms with E-state index >= 15 is 0 Å². The Bertz CT molecular complexity index is 487. The molecule has 1 amide bonds. The second kappa shape index (κ2) is 8.96. The van der Waals surface area contributed by atoms with Gasteiger partial charge in [-0.1, -0.05) is 18.6 Å². The third-order valence-electron chi connectivity index (χ3n) is 4.03. The van der Waals surface area contributed by atoms with Crippen molar-refractivity contribution in [2.45, 2.75) is 32.3 Å². The number of benzene rings is 1. The van der Waals surface area contributed by atoms with E-state index in [1.807, 2.05) is 6.92 Å². The highest BCUT2D eigenvalue weighted by Gasteiger charge is 2.31. The van der Waals surface area contributed by atoms with Gasteiger partial charge < -0.3 is 15.8 Å². The molecule has 0 spiro atoms. The Morgan fingerprint density at radius 1 is 1.45 bits per heavy atom. The summed E-state index contributed by atoms with van der Waals surface area (Å²) in [7, 11) is 0. The Morgan fingerprint density at radius 3 is 2.86 bits per heavy atom. The lowest BCUT2D eigenvalue weighted by atomic mass is 9.95. The number of hydrogen-bond acceptors (Lipinski definition) is 3. The van der Waals surface area contributed by atoms with Crippen LogP contribution in [0.2, 0.25) is 0 Å². The molecule has 1 aliphatic carbocycles. The Kier molecular flexibility index (Phi) is 7.62. The summed E-state index contributed by atoms with van der Waals surface area (Å²) in [6, 6.07) is 6.26. The van der Waals surface area contributed by atoms with Crippen molar-refractivity contribution in [3.05, 3.63) is 30.1 Å². The number of para-hydroxylation sites is 1. The summed E-state index contributed by atoms with van der Waals surface area (Å²) in [6.45, 7) is 2.72.